The van der Waals surface area contributed by atoms with Crippen molar-refractivity contribution >= 4 is 40.0 Å². The minimum Gasteiger partial charge on any atom is -0.393 e. The Morgan fingerprint density at radius 2 is 2.20 bits per heavy atom. The molecule has 20 heavy (non-hydrogen) atoms. The number of hydrogen-bond donors (Lipinski definition) is 2. The van der Waals surface area contributed by atoms with E-state index < -0.39 is 0 Å². The van der Waals surface area contributed by atoms with E-state index in [-0.39, 0.29) is 11.5 Å². The minimum absolute atomic E-state index is 0.143. The Hall–Kier alpha value is -0.250. The standard InChI is InChI=1S/C17H21BrOS/c1-3-11-14(9-20)12-4-5-17(2)8-10(19)6-15(17)13(12)7-16(11)18/h3,7,9-10,15,19-20H,4-6,8H2,1-2H3/b11-3+,14-9+/t10-,15+,17-/m0/s1. The highest BCUT2D eigenvalue weighted by Crippen LogP contribution is 2.55. The van der Waals surface area contributed by atoms with Crippen molar-refractivity contribution in [2.75, 3.05) is 0 Å². The summed E-state index contributed by atoms with van der Waals surface area (Å²) in [6, 6.07) is 2.28. The molecule has 108 valence electrons. The third-order valence-corrected chi connectivity index (χ3v) is 6.21. The molecule has 0 bridgehead atoms. The molecule has 1 saturated carbocycles. The highest BCUT2D eigenvalue weighted by atomic mass is 79.9. The van der Waals surface area contributed by atoms with Crippen molar-refractivity contribution in [1.82, 2.24) is 0 Å². The predicted molar refractivity (Wildman–Crippen MR) is 91.4 cm³/mol. The molecule has 0 aliphatic heterocycles. The average molecular weight is 353 g/mol. The predicted octanol–water partition coefficient (Wildman–Crippen LogP) is 3.11. The Morgan fingerprint density at radius 1 is 1.45 bits per heavy atom. The van der Waals surface area contributed by atoms with Crippen LogP contribution >= 0.6 is 28.6 Å². The van der Waals surface area contributed by atoms with E-state index in [0.717, 1.165) is 23.7 Å². The van der Waals surface area contributed by atoms with Crippen LogP contribution in [0.5, 0.6) is 0 Å². The van der Waals surface area contributed by atoms with Gasteiger partial charge in [-0.1, -0.05) is 28.9 Å². The van der Waals surface area contributed by atoms with Gasteiger partial charge in [-0.05, 0) is 77.0 Å². The van der Waals surface area contributed by atoms with Crippen molar-refractivity contribution in [1.29, 1.82) is 0 Å². The summed E-state index contributed by atoms with van der Waals surface area (Å²) in [7, 11) is 0. The van der Waals surface area contributed by atoms with Crippen LogP contribution in [-0.2, 0) is 6.42 Å². The Balaban J connectivity index is 2.28. The zero-order valence-corrected chi connectivity index (χ0v) is 14.5. The lowest BCUT2D eigenvalue weighted by atomic mass is 9.66. The molecular weight excluding hydrogens is 332 g/mol. The summed E-state index contributed by atoms with van der Waals surface area (Å²) in [6.45, 7) is 4.41. The molecule has 0 radical (unpaired) electrons. The van der Waals surface area contributed by atoms with Gasteiger partial charge in [-0.25, -0.2) is 0 Å². The topological polar surface area (TPSA) is 20.2 Å². The van der Waals surface area contributed by atoms with Gasteiger partial charge in [0.05, 0.1) is 6.10 Å². The van der Waals surface area contributed by atoms with Crippen molar-refractivity contribution in [3.63, 3.8) is 0 Å². The van der Waals surface area contributed by atoms with Crippen LogP contribution < -0.4 is 10.4 Å². The highest BCUT2D eigenvalue weighted by molar-refractivity contribution is 9.10. The number of benzene rings is 1. The molecule has 1 N–H and O–H groups in total. The molecule has 3 heteroatoms. The molecule has 3 atom stereocenters. The van der Waals surface area contributed by atoms with E-state index >= 15 is 0 Å². The number of halogens is 1. The van der Waals surface area contributed by atoms with Gasteiger partial charge in [0.2, 0.25) is 0 Å². The van der Waals surface area contributed by atoms with E-state index in [1.807, 2.05) is 5.41 Å². The van der Waals surface area contributed by atoms with Gasteiger partial charge in [-0.2, -0.15) is 12.6 Å². The fourth-order valence-electron chi connectivity index (χ4n) is 4.29. The zero-order chi connectivity index (χ0) is 14.5. The first-order valence-corrected chi connectivity index (χ1v) is 8.61. The molecule has 3 rings (SSSR count). The molecule has 0 unspecified atom stereocenters. The van der Waals surface area contributed by atoms with E-state index in [0.29, 0.717) is 5.92 Å². The summed E-state index contributed by atoms with van der Waals surface area (Å²) in [5.74, 6) is 0.482. The SMILES string of the molecule is C/C=c1/c(Br)cc2c(/c1=C/S)CC[C@@]1(C)C[C@@H](O)C[C@H]21. The van der Waals surface area contributed by atoms with Crippen molar-refractivity contribution < 1.29 is 5.11 Å². The summed E-state index contributed by atoms with van der Waals surface area (Å²) in [6.07, 6.45) is 6.10. The molecule has 1 nitrogen and oxygen atoms in total. The first-order valence-electron chi connectivity index (χ1n) is 7.30. The summed E-state index contributed by atoms with van der Waals surface area (Å²) < 4.78 is 1.14. The van der Waals surface area contributed by atoms with Crippen LogP contribution in [0.1, 0.15) is 50.2 Å². The van der Waals surface area contributed by atoms with Gasteiger partial charge in [0.25, 0.3) is 0 Å². The second kappa shape index (κ2) is 5.19. The van der Waals surface area contributed by atoms with Crippen molar-refractivity contribution in [2.45, 2.75) is 51.6 Å². The maximum Gasteiger partial charge on any atom is 0.0551 e. The maximum absolute atomic E-state index is 10.1. The third-order valence-electron chi connectivity index (χ3n) is 5.29. The van der Waals surface area contributed by atoms with Gasteiger partial charge in [0, 0.05) is 4.47 Å². The van der Waals surface area contributed by atoms with Crippen LogP contribution in [0.4, 0.5) is 0 Å². The molecule has 0 spiro atoms. The molecule has 0 amide bonds. The molecule has 0 heterocycles. The maximum atomic E-state index is 10.1. The highest BCUT2D eigenvalue weighted by Gasteiger charge is 2.46. The largest absolute Gasteiger partial charge is 0.393 e. The number of thiol groups is 1. The van der Waals surface area contributed by atoms with Gasteiger partial charge >= 0.3 is 0 Å². The minimum atomic E-state index is -0.143. The zero-order valence-electron chi connectivity index (χ0n) is 12.0. The summed E-state index contributed by atoms with van der Waals surface area (Å²) >= 11 is 8.14. The Bertz CT molecular complexity index is 667. The van der Waals surface area contributed by atoms with Crippen molar-refractivity contribution in [3.05, 3.63) is 32.1 Å². The van der Waals surface area contributed by atoms with Gasteiger partial charge in [0.1, 0.15) is 0 Å². The lowest BCUT2D eigenvalue weighted by Crippen LogP contribution is -2.37. The van der Waals surface area contributed by atoms with Crippen LogP contribution in [0.15, 0.2) is 10.5 Å². The fraction of sp³-hybridized carbons (Fsp3) is 0.529. The number of aliphatic hydroxyl groups excluding tert-OH is 1. The number of fused-ring (bicyclic) bond motifs is 3. The lowest BCUT2D eigenvalue weighted by Gasteiger charge is -2.38. The van der Waals surface area contributed by atoms with Crippen LogP contribution in [-0.4, -0.2) is 11.2 Å². The molecule has 2 aliphatic carbocycles. The van der Waals surface area contributed by atoms with E-state index in [1.165, 1.54) is 28.0 Å². The third kappa shape index (κ3) is 2.10. The van der Waals surface area contributed by atoms with Gasteiger partial charge in [-0.15, -0.1) is 0 Å². The van der Waals surface area contributed by atoms with Gasteiger partial charge < -0.3 is 5.11 Å². The van der Waals surface area contributed by atoms with Gasteiger partial charge in [-0.3, -0.25) is 0 Å². The number of aliphatic hydroxyl groups is 1. The first-order chi connectivity index (χ1) is 9.50. The summed E-state index contributed by atoms with van der Waals surface area (Å²) in [5.41, 5.74) is 3.12. The molecule has 1 aromatic carbocycles. The number of hydrogen-bond acceptors (Lipinski definition) is 2. The molecule has 0 saturated heterocycles. The summed E-state index contributed by atoms with van der Waals surface area (Å²) in [5, 5.41) is 14.5. The fourth-order valence-corrected chi connectivity index (χ4v) is 5.27. The van der Waals surface area contributed by atoms with Crippen LogP contribution in [0.3, 0.4) is 0 Å². The quantitative estimate of drug-likeness (QED) is 0.687. The average Bonchev–Trinajstić information content (AvgIpc) is 2.72. The van der Waals surface area contributed by atoms with E-state index in [4.69, 9.17) is 0 Å². The molecule has 1 fully saturated rings. The van der Waals surface area contributed by atoms with E-state index in [9.17, 15) is 5.11 Å². The molecular formula is C17H21BrOS. The second-order valence-corrected chi connectivity index (χ2v) is 7.58. The second-order valence-electron chi connectivity index (χ2n) is 6.47. The lowest BCUT2D eigenvalue weighted by molar-refractivity contribution is 0.159. The molecule has 0 aromatic heterocycles. The smallest absolute Gasteiger partial charge is 0.0551 e. The van der Waals surface area contributed by atoms with Gasteiger partial charge in [0.15, 0.2) is 0 Å². The normalized spacial score (nSPS) is 34.2. The van der Waals surface area contributed by atoms with Crippen molar-refractivity contribution in [3.8, 4) is 0 Å². The van der Waals surface area contributed by atoms with Crippen molar-refractivity contribution in [2.24, 2.45) is 5.41 Å². The molecule has 1 aromatic rings. The Morgan fingerprint density at radius 3 is 2.85 bits per heavy atom. The van der Waals surface area contributed by atoms with Crippen LogP contribution in [0.2, 0.25) is 0 Å². The first kappa shape index (κ1) is 14.7. The van der Waals surface area contributed by atoms with Crippen LogP contribution in [0.25, 0.3) is 11.5 Å². The van der Waals surface area contributed by atoms with E-state index in [1.54, 1.807) is 0 Å². The molecule has 2 aliphatic rings. The number of rotatable bonds is 0. The Kier molecular flexibility index (Phi) is 3.81. The summed E-state index contributed by atoms with van der Waals surface area (Å²) in [4.78, 5) is 0. The van der Waals surface area contributed by atoms with Crippen LogP contribution in [0, 0.1) is 5.41 Å². The monoisotopic (exact) mass is 352 g/mol. The van der Waals surface area contributed by atoms with E-state index in [2.05, 4.69) is 54.5 Å². The Labute approximate surface area is 134 Å².